The number of hydrogen-bond acceptors (Lipinski definition) is 4. The van der Waals surface area contributed by atoms with E-state index in [2.05, 4.69) is 15.3 Å². The Labute approximate surface area is 112 Å². The van der Waals surface area contributed by atoms with E-state index < -0.39 is 0 Å². The fraction of sp³-hybridized carbons (Fsp3) is 0.357. The maximum Gasteiger partial charge on any atom is 0.224 e. The van der Waals surface area contributed by atoms with Gasteiger partial charge >= 0.3 is 0 Å². The van der Waals surface area contributed by atoms with Crippen LogP contribution in [-0.2, 0) is 4.79 Å². The van der Waals surface area contributed by atoms with Crippen molar-refractivity contribution in [2.45, 2.75) is 19.8 Å². The Bertz CT molecular complexity index is 570. The molecule has 1 aromatic carbocycles. The molecule has 1 heterocycles. The molecule has 0 radical (unpaired) electrons. The third kappa shape index (κ3) is 3.72. The van der Waals surface area contributed by atoms with Crippen LogP contribution in [0.15, 0.2) is 30.6 Å². The molecule has 2 rings (SSSR count). The van der Waals surface area contributed by atoms with E-state index in [0.717, 1.165) is 23.1 Å². The van der Waals surface area contributed by atoms with Crippen molar-refractivity contribution in [3.63, 3.8) is 0 Å². The van der Waals surface area contributed by atoms with Crippen molar-refractivity contribution in [1.82, 2.24) is 9.97 Å². The third-order valence-electron chi connectivity index (χ3n) is 3.02. The first-order valence-electron chi connectivity index (χ1n) is 6.39. The van der Waals surface area contributed by atoms with Gasteiger partial charge in [-0.05, 0) is 37.1 Å². The fourth-order valence-corrected chi connectivity index (χ4v) is 1.76. The van der Waals surface area contributed by atoms with Crippen molar-refractivity contribution < 1.29 is 4.79 Å². The van der Waals surface area contributed by atoms with Crippen LogP contribution in [0.2, 0.25) is 0 Å². The van der Waals surface area contributed by atoms with Gasteiger partial charge in [-0.3, -0.25) is 14.8 Å². The van der Waals surface area contributed by atoms with Gasteiger partial charge in [0.2, 0.25) is 5.91 Å². The second-order valence-corrected chi connectivity index (χ2v) is 4.69. The number of nitrogens with one attached hydrogen (secondary N) is 1. The van der Waals surface area contributed by atoms with Crippen LogP contribution in [0.25, 0.3) is 11.0 Å². The Morgan fingerprint density at radius 1 is 1.32 bits per heavy atom. The van der Waals surface area contributed by atoms with Crippen molar-refractivity contribution >= 4 is 22.6 Å². The van der Waals surface area contributed by atoms with Crippen LogP contribution in [-0.4, -0.2) is 22.4 Å². The number of rotatable bonds is 5. The molecule has 5 nitrogen and oxygen atoms in total. The molecule has 1 atom stereocenters. The maximum absolute atomic E-state index is 11.8. The minimum Gasteiger partial charge on any atom is -0.330 e. The Morgan fingerprint density at radius 3 is 2.79 bits per heavy atom. The van der Waals surface area contributed by atoms with Crippen LogP contribution >= 0.6 is 0 Å². The zero-order valence-electron chi connectivity index (χ0n) is 11.0. The van der Waals surface area contributed by atoms with Gasteiger partial charge in [0, 0.05) is 24.5 Å². The van der Waals surface area contributed by atoms with Gasteiger partial charge < -0.3 is 11.1 Å². The number of nitrogens with zero attached hydrogens (tertiary/aromatic N) is 2. The summed E-state index contributed by atoms with van der Waals surface area (Å²) >= 11 is 0. The van der Waals surface area contributed by atoms with Crippen molar-refractivity contribution in [3.8, 4) is 0 Å². The van der Waals surface area contributed by atoms with Gasteiger partial charge in [-0.1, -0.05) is 6.92 Å². The molecule has 2 aromatic rings. The smallest absolute Gasteiger partial charge is 0.224 e. The fourth-order valence-electron chi connectivity index (χ4n) is 1.76. The zero-order chi connectivity index (χ0) is 13.7. The normalized spacial score (nSPS) is 12.3. The number of carbonyl (C=O) groups is 1. The molecule has 0 bridgehead atoms. The minimum atomic E-state index is 0.00328. The number of amides is 1. The van der Waals surface area contributed by atoms with E-state index in [1.54, 1.807) is 12.4 Å². The van der Waals surface area contributed by atoms with Gasteiger partial charge in [-0.15, -0.1) is 0 Å². The van der Waals surface area contributed by atoms with Gasteiger partial charge in [0.25, 0.3) is 0 Å². The summed E-state index contributed by atoms with van der Waals surface area (Å²) in [6.45, 7) is 2.65. The SMILES string of the molecule is CC(CN)CCC(=O)Nc1ccc2nccnc2c1. The summed E-state index contributed by atoms with van der Waals surface area (Å²) in [5.74, 6) is 0.372. The molecule has 0 aliphatic carbocycles. The van der Waals surface area contributed by atoms with Crippen molar-refractivity contribution in [1.29, 1.82) is 0 Å². The standard InChI is InChI=1S/C14H18N4O/c1-10(9-15)2-5-14(19)18-11-3-4-12-13(8-11)17-7-6-16-12/h3-4,6-8,10H,2,5,9,15H2,1H3,(H,18,19). The highest BCUT2D eigenvalue weighted by Crippen LogP contribution is 2.15. The lowest BCUT2D eigenvalue weighted by Gasteiger charge is -2.09. The average molecular weight is 258 g/mol. The first kappa shape index (κ1) is 13.4. The third-order valence-corrected chi connectivity index (χ3v) is 3.02. The Balaban J connectivity index is 1.99. The molecule has 5 heteroatoms. The number of anilines is 1. The predicted octanol–water partition coefficient (Wildman–Crippen LogP) is 1.94. The predicted molar refractivity (Wildman–Crippen MR) is 75.6 cm³/mol. The number of carbonyl (C=O) groups excluding carboxylic acids is 1. The number of aromatic nitrogens is 2. The molecule has 3 N–H and O–H groups in total. The van der Waals surface area contributed by atoms with Crippen molar-refractivity contribution in [3.05, 3.63) is 30.6 Å². The number of fused-ring (bicyclic) bond motifs is 1. The number of hydrogen-bond donors (Lipinski definition) is 2. The van der Waals surface area contributed by atoms with Crippen LogP contribution in [0.3, 0.4) is 0 Å². The summed E-state index contributed by atoms with van der Waals surface area (Å²) in [5.41, 5.74) is 7.87. The molecule has 1 amide bonds. The topological polar surface area (TPSA) is 80.9 Å². The van der Waals surface area contributed by atoms with Gasteiger partial charge in [0.15, 0.2) is 0 Å². The first-order valence-corrected chi connectivity index (χ1v) is 6.39. The molecule has 0 saturated carbocycles. The molecular formula is C14H18N4O. The highest BCUT2D eigenvalue weighted by Gasteiger charge is 2.06. The maximum atomic E-state index is 11.8. The van der Waals surface area contributed by atoms with Gasteiger partial charge in [0.1, 0.15) is 0 Å². The van der Waals surface area contributed by atoms with Gasteiger partial charge in [-0.2, -0.15) is 0 Å². The van der Waals surface area contributed by atoms with Crippen LogP contribution in [0.5, 0.6) is 0 Å². The van der Waals surface area contributed by atoms with E-state index in [1.807, 2.05) is 25.1 Å². The molecule has 0 spiro atoms. The second-order valence-electron chi connectivity index (χ2n) is 4.69. The lowest BCUT2D eigenvalue weighted by atomic mass is 10.1. The molecule has 0 aliphatic heterocycles. The minimum absolute atomic E-state index is 0.00328. The lowest BCUT2D eigenvalue weighted by Crippen LogP contribution is -2.16. The summed E-state index contributed by atoms with van der Waals surface area (Å²) in [7, 11) is 0. The van der Waals surface area contributed by atoms with E-state index in [0.29, 0.717) is 18.9 Å². The van der Waals surface area contributed by atoms with Gasteiger partial charge in [0.05, 0.1) is 11.0 Å². The van der Waals surface area contributed by atoms with E-state index in [1.165, 1.54) is 0 Å². The average Bonchev–Trinajstić information content (AvgIpc) is 2.44. The van der Waals surface area contributed by atoms with Crippen molar-refractivity contribution in [2.24, 2.45) is 11.7 Å². The highest BCUT2D eigenvalue weighted by atomic mass is 16.1. The van der Waals surface area contributed by atoms with E-state index >= 15 is 0 Å². The summed E-state index contributed by atoms with van der Waals surface area (Å²) < 4.78 is 0. The second kappa shape index (κ2) is 6.24. The highest BCUT2D eigenvalue weighted by molar-refractivity contribution is 5.92. The molecule has 1 aromatic heterocycles. The van der Waals surface area contributed by atoms with E-state index in [-0.39, 0.29) is 5.91 Å². The summed E-state index contributed by atoms with van der Waals surface area (Å²) in [6.07, 6.45) is 4.57. The van der Waals surface area contributed by atoms with Crippen LogP contribution in [0.4, 0.5) is 5.69 Å². The molecule has 1 unspecified atom stereocenters. The lowest BCUT2D eigenvalue weighted by molar-refractivity contribution is -0.116. The Hall–Kier alpha value is -2.01. The monoisotopic (exact) mass is 258 g/mol. The first-order chi connectivity index (χ1) is 9.19. The van der Waals surface area contributed by atoms with Crippen molar-refractivity contribution in [2.75, 3.05) is 11.9 Å². The zero-order valence-corrected chi connectivity index (χ0v) is 11.0. The molecule has 0 aliphatic rings. The Kier molecular flexibility index (Phi) is 4.41. The molecular weight excluding hydrogens is 240 g/mol. The molecule has 0 saturated heterocycles. The summed E-state index contributed by atoms with van der Waals surface area (Å²) in [6, 6.07) is 5.51. The quantitative estimate of drug-likeness (QED) is 0.858. The van der Waals surface area contributed by atoms with E-state index in [9.17, 15) is 4.79 Å². The van der Waals surface area contributed by atoms with Crippen LogP contribution < -0.4 is 11.1 Å². The molecule has 0 fully saturated rings. The number of nitrogens with two attached hydrogens (primary N) is 1. The summed E-state index contributed by atoms with van der Waals surface area (Å²) in [5, 5.41) is 2.87. The Morgan fingerprint density at radius 2 is 2.05 bits per heavy atom. The van der Waals surface area contributed by atoms with Crippen LogP contribution in [0, 0.1) is 5.92 Å². The number of benzene rings is 1. The van der Waals surface area contributed by atoms with E-state index in [4.69, 9.17) is 5.73 Å². The van der Waals surface area contributed by atoms with Gasteiger partial charge in [-0.25, -0.2) is 0 Å². The van der Waals surface area contributed by atoms with Crippen LogP contribution in [0.1, 0.15) is 19.8 Å². The molecule has 19 heavy (non-hydrogen) atoms. The molecule has 100 valence electrons. The largest absolute Gasteiger partial charge is 0.330 e. The summed E-state index contributed by atoms with van der Waals surface area (Å²) in [4.78, 5) is 20.2.